The van der Waals surface area contributed by atoms with Crippen LogP contribution in [0.5, 0.6) is 0 Å². The third-order valence-electron chi connectivity index (χ3n) is 5.84. The minimum atomic E-state index is 0.0242. The molecule has 0 saturated carbocycles. The zero-order chi connectivity index (χ0) is 20.2. The first-order chi connectivity index (χ1) is 14.2. The molecule has 2 aromatic rings. The molecule has 0 aromatic carbocycles. The lowest BCUT2D eigenvalue weighted by molar-refractivity contribution is -0.128. The molecule has 1 fully saturated rings. The Morgan fingerprint density at radius 1 is 1.14 bits per heavy atom. The van der Waals surface area contributed by atoms with Gasteiger partial charge in [0.05, 0.1) is 24.3 Å². The zero-order valence-electron chi connectivity index (χ0n) is 17.1. The summed E-state index contributed by atoms with van der Waals surface area (Å²) in [6.45, 7) is 2.61. The normalized spacial score (nSPS) is 17.3. The van der Waals surface area contributed by atoms with Gasteiger partial charge in [-0.1, -0.05) is 24.6 Å². The summed E-state index contributed by atoms with van der Waals surface area (Å²) in [5, 5.41) is 1.44. The largest absolute Gasteiger partial charge is 0.383 e. The highest BCUT2D eigenvalue weighted by atomic mass is 32.2. The molecule has 2 aliphatic rings. The van der Waals surface area contributed by atoms with Crippen molar-refractivity contribution in [1.82, 2.24) is 14.5 Å². The van der Waals surface area contributed by atoms with Gasteiger partial charge in [0.25, 0.3) is 5.56 Å². The van der Waals surface area contributed by atoms with Crippen molar-refractivity contribution < 1.29 is 9.53 Å². The molecule has 0 bridgehead atoms. The topological polar surface area (TPSA) is 64.4 Å². The van der Waals surface area contributed by atoms with E-state index in [0.717, 1.165) is 55.4 Å². The molecule has 2 aromatic heterocycles. The Kier molecular flexibility index (Phi) is 6.92. The standard InChI is InChI=1S/C21H29N3O3S2/c1-27-13-12-24-20(26)18-15-8-4-5-9-16(15)29-19(18)22-21(24)28-14-17(25)23-10-6-2-3-7-11-23/h2-14H2,1H3. The molecule has 6 nitrogen and oxygen atoms in total. The monoisotopic (exact) mass is 435 g/mol. The van der Waals surface area contributed by atoms with Gasteiger partial charge in [-0.25, -0.2) is 4.98 Å². The number of carbonyl (C=O) groups excluding carboxylic acids is 1. The maximum atomic E-state index is 13.3. The van der Waals surface area contributed by atoms with Crippen LogP contribution in [-0.4, -0.2) is 52.9 Å². The third kappa shape index (κ3) is 4.54. The number of nitrogens with zero attached hydrogens (tertiary/aromatic N) is 3. The molecule has 4 rings (SSSR count). The molecule has 158 valence electrons. The van der Waals surface area contributed by atoms with E-state index in [1.807, 2.05) is 4.90 Å². The number of amides is 1. The van der Waals surface area contributed by atoms with Crippen LogP contribution in [0.2, 0.25) is 0 Å². The molecule has 0 unspecified atom stereocenters. The van der Waals surface area contributed by atoms with Gasteiger partial charge in [0, 0.05) is 25.1 Å². The van der Waals surface area contributed by atoms with Crippen molar-refractivity contribution in [3.8, 4) is 0 Å². The summed E-state index contributed by atoms with van der Waals surface area (Å²) in [5.74, 6) is 0.478. The second kappa shape index (κ2) is 9.62. The summed E-state index contributed by atoms with van der Waals surface area (Å²) in [6.07, 6.45) is 8.91. The van der Waals surface area contributed by atoms with Crippen molar-refractivity contribution in [3.63, 3.8) is 0 Å². The molecule has 1 amide bonds. The Morgan fingerprint density at radius 3 is 2.66 bits per heavy atom. The summed E-state index contributed by atoms with van der Waals surface area (Å²) >= 11 is 3.05. The van der Waals surface area contributed by atoms with Gasteiger partial charge < -0.3 is 9.64 Å². The molecule has 0 N–H and O–H groups in total. The summed E-state index contributed by atoms with van der Waals surface area (Å²) < 4.78 is 6.94. The average Bonchev–Trinajstić information content (AvgIpc) is 2.89. The minimum Gasteiger partial charge on any atom is -0.383 e. The molecule has 0 spiro atoms. The van der Waals surface area contributed by atoms with Gasteiger partial charge in [0.1, 0.15) is 4.83 Å². The van der Waals surface area contributed by atoms with Gasteiger partial charge in [-0.15, -0.1) is 11.3 Å². The number of ether oxygens (including phenoxy) is 1. The fourth-order valence-corrected chi connectivity index (χ4v) is 6.48. The molecule has 1 aliphatic carbocycles. The Hall–Kier alpha value is -1.38. The van der Waals surface area contributed by atoms with E-state index in [1.165, 1.54) is 41.5 Å². The number of thiophene rings is 1. The molecular formula is C21H29N3O3S2. The highest BCUT2D eigenvalue weighted by Gasteiger charge is 2.23. The number of aryl methyl sites for hydroxylation is 2. The van der Waals surface area contributed by atoms with Gasteiger partial charge in [0.15, 0.2) is 5.16 Å². The maximum absolute atomic E-state index is 13.3. The molecule has 0 atom stereocenters. The lowest BCUT2D eigenvalue weighted by Crippen LogP contribution is -2.33. The molecule has 3 heterocycles. The molecule has 29 heavy (non-hydrogen) atoms. The highest BCUT2D eigenvalue weighted by molar-refractivity contribution is 7.99. The first kappa shape index (κ1) is 20.9. The average molecular weight is 436 g/mol. The number of aromatic nitrogens is 2. The fourth-order valence-electron chi connectivity index (χ4n) is 4.25. The van der Waals surface area contributed by atoms with Crippen molar-refractivity contribution in [1.29, 1.82) is 0 Å². The van der Waals surface area contributed by atoms with Gasteiger partial charge in [-0.05, 0) is 44.1 Å². The molecule has 0 radical (unpaired) electrons. The van der Waals surface area contributed by atoms with Crippen molar-refractivity contribution in [2.24, 2.45) is 0 Å². The third-order valence-corrected chi connectivity index (χ3v) is 7.99. The minimum absolute atomic E-state index is 0.0242. The highest BCUT2D eigenvalue weighted by Crippen LogP contribution is 2.34. The van der Waals surface area contributed by atoms with Crippen LogP contribution in [0.3, 0.4) is 0 Å². The predicted octanol–water partition coefficient (Wildman–Crippen LogP) is 3.48. The van der Waals surface area contributed by atoms with Gasteiger partial charge in [0.2, 0.25) is 5.91 Å². The van der Waals surface area contributed by atoms with Crippen LogP contribution in [0.1, 0.15) is 49.0 Å². The Balaban J connectivity index is 1.61. The first-order valence-electron chi connectivity index (χ1n) is 10.6. The summed E-state index contributed by atoms with van der Waals surface area (Å²) in [4.78, 5) is 35.0. The fraction of sp³-hybridized carbons (Fsp3) is 0.667. The van der Waals surface area contributed by atoms with E-state index in [4.69, 9.17) is 9.72 Å². The van der Waals surface area contributed by atoms with Crippen molar-refractivity contribution in [2.45, 2.75) is 63.1 Å². The number of thioether (sulfide) groups is 1. The molecule has 1 saturated heterocycles. The Labute approximate surface area is 179 Å². The quantitative estimate of drug-likeness (QED) is 0.513. The second-order valence-electron chi connectivity index (χ2n) is 7.82. The van der Waals surface area contributed by atoms with E-state index >= 15 is 0 Å². The van der Waals surface area contributed by atoms with Crippen LogP contribution in [0, 0.1) is 0 Å². The van der Waals surface area contributed by atoms with E-state index < -0.39 is 0 Å². The van der Waals surface area contributed by atoms with E-state index in [1.54, 1.807) is 23.0 Å². The number of fused-ring (bicyclic) bond motifs is 3. The van der Waals surface area contributed by atoms with Crippen LogP contribution in [-0.2, 0) is 28.9 Å². The van der Waals surface area contributed by atoms with Crippen LogP contribution >= 0.6 is 23.1 Å². The van der Waals surface area contributed by atoms with E-state index in [9.17, 15) is 9.59 Å². The van der Waals surface area contributed by atoms with Gasteiger partial charge >= 0.3 is 0 Å². The molecule has 8 heteroatoms. The van der Waals surface area contributed by atoms with Crippen LogP contribution in [0.15, 0.2) is 9.95 Å². The Morgan fingerprint density at radius 2 is 1.90 bits per heavy atom. The SMILES string of the molecule is COCCn1c(SCC(=O)N2CCCCCC2)nc2sc3c(c2c1=O)CCCC3. The molecule has 1 aliphatic heterocycles. The lowest BCUT2D eigenvalue weighted by Gasteiger charge is -2.20. The summed E-state index contributed by atoms with van der Waals surface area (Å²) in [6, 6.07) is 0. The zero-order valence-corrected chi connectivity index (χ0v) is 18.7. The first-order valence-corrected chi connectivity index (χ1v) is 12.4. The molecular weight excluding hydrogens is 406 g/mol. The number of rotatable bonds is 6. The number of methoxy groups -OCH3 is 1. The smallest absolute Gasteiger partial charge is 0.263 e. The van der Waals surface area contributed by atoms with Crippen molar-refractivity contribution in [2.75, 3.05) is 32.6 Å². The van der Waals surface area contributed by atoms with E-state index in [2.05, 4.69) is 0 Å². The number of hydrogen-bond acceptors (Lipinski definition) is 6. The number of hydrogen-bond donors (Lipinski definition) is 0. The predicted molar refractivity (Wildman–Crippen MR) is 118 cm³/mol. The van der Waals surface area contributed by atoms with Gasteiger partial charge in [-0.2, -0.15) is 0 Å². The van der Waals surface area contributed by atoms with Crippen LogP contribution in [0.25, 0.3) is 10.2 Å². The number of carbonyl (C=O) groups is 1. The van der Waals surface area contributed by atoms with E-state index in [0.29, 0.717) is 24.1 Å². The van der Waals surface area contributed by atoms with Gasteiger partial charge in [-0.3, -0.25) is 14.2 Å². The van der Waals surface area contributed by atoms with Crippen LogP contribution in [0.4, 0.5) is 0 Å². The summed E-state index contributed by atoms with van der Waals surface area (Å²) in [7, 11) is 1.64. The lowest BCUT2D eigenvalue weighted by atomic mass is 9.97. The van der Waals surface area contributed by atoms with E-state index in [-0.39, 0.29) is 11.5 Å². The van der Waals surface area contributed by atoms with Crippen molar-refractivity contribution in [3.05, 3.63) is 20.8 Å². The van der Waals surface area contributed by atoms with Crippen LogP contribution < -0.4 is 5.56 Å². The summed E-state index contributed by atoms with van der Waals surface area (Å²) in [5.41, 5.74) is 1.23. The Bertz CT molecular complexity index is 929. The number of likely N-dealkylation sites (tertiary alicyclic amines) is 1. The second-order valence-corrected chi connectivity index (χ2v) is 9.84. The maximum Gasteiger partial charge on any atom is 0.263 e. The van der Waals surface area contributed by atoms with Crippen molar-refractivity contribution >= 4 is 39.2 Å².